The summed E-state index contributed by atoms with van der Waals surface area (Å²) in [6, 6.07) is 0. The van der Waals surface area contributed by atoms with E-state index >= 15 is 0 Å². The minimum Gasteiger partial charge on any atom is -0.317 e. The summed E-state index contributed by atoms with van der Waals surface area (Å²) >= 11 is 0. The van der Waals surface area contributed by atoms with E-state index in [1.165, 1.54) is 90.0 Å². The highest BCUT2D eigenvalue weighted by atomic mass is 14.8. The Hall–Kier alpha value is -0.0400. The van der Waals surface area contributed by atoms with Gasteiger partial charge in [0.1, 0.15) is 0 Å². The van der Waals surface area contributed by atoms with Crippen molar-refractivity contribution in [1.29, 1.82) is 0 Å². The van der Waals surface area contributed by atoms with Gasteiger partial charge in [-0.2, -0.15) is 0 Å². The fraction of sp³-hybridized carbons (Fsp3) is 0.944. The standard InChI is InChI=1S/C18H38N/c1-3-5-6-7-8-9-10-11-12-13-14-15-16-18-19-17-4-2/h19H,2-18H2,1H3. The van der Waals surface area contributed by atoms with Crippen LogP contribution in [0.15, 0.2) is 0 Å². The smallest absolute Gasteiger partial charge is 0.00489 e. The SMILES string of the molecule is [CH2]CCNCCCCCCCCCCCCCCC. The lowest BCUT2D eigenvalue weighted by atomic mass is 10.0. The third kappa shape index (κ3) is 18.0. The Bertz CT molecular complexity index is 129. The Kier molecular flexibility index (Phi) is 17.9. The second kappa shape index (κ2) is 18.0. The molecule has 0 heterocycles. The molecule has 0 aromatic rings. The van der Waals surface area contributed by atoms with E-state index in [2.05, 4.69) is 19.2 Å². The molecule has 0 aliphatic heterocycles. The number of nitrogens with one attached hydrogen (secondary N) is 1. The Morgan fingerprint density at radius 3 is 1.42 bits per heavy atom. The molecule has 0 unspecified atom stereocenters. The molecular weight excluding hydrogens is 230 g/mol. The molecule has 115 valence electrons. The zero-order valence-electron chi connectivity index (χ0n) is 13.5. The third-order valence-electron chi connectivity index (χ3n) is 3.81. The quantitative estimate of drug-likeness (QED) is 0.344. The first kappa shape index (κ1) is 19.0. The van der Waals surface area contributed by atoms with Crippen molar-refractivity contribution < 1.29 is 0 Å². The largest absolute Gasteiger partial charge is 0.317 e. The molecule has 0 aliphatic rings. The molecule has 0 aliphatic carbocycles. The van der Waals surface area contributed by atoms with E-state index in [-0.39, 0.29) is 0 Å². The molecular formula is C18H38N. The normalized spacial score (nSPS) is 11.1. The van der Waals surface area contributed by atoms with Crippen molar-refractivity contribution in [3.05, 3.63) is 6.92 Å². The van der Waals surface area contributed by atoms with Crippen molar-refractivity contribution in [1.82, 2.24) is 5.32 Å². The maximum atomic E-state index is 3.83. The van der Waals surface area contributed by atoms with Crippen molar-refractivity contribution in [2.75, 3.05) is 13.1 Å². The molecule has 0 bridgehead atoms. The zero-order valence-corrected chi connectivity index (χ0v) is 13.5. The van der Waals surface area contributed by atoms with Crippen molar-refractivity contribution in [2.24, 2.45) is 0 Å². The number of unbranched alkanes of at least 4 members (excludes halogenated alkanes) is 12. The summed E-state index contributed by atoms with van der Waals surface area (Å²) in [5, 5.41) is 3.41. The fourth-order valence-electron chi connectivity index (χ4n) is 2.52. The van der Waals surface area contributed by atoms with Gasteiger partial charge in [-0.1, -0.05) is 90.9 Å². The topological polar surface area (TPSA) is 12.0 Å². The first-order valence-corrected chi connectivity index (χ1v) is 8.91. The summed E-state index contributed by atoms with van der Waals surface area (Å²) in [5.74, 6) is 0. The van der Waals surface area contributed by atoms with Gasteiger partial charge in [-0.25, -0.2) is 0 Å². The van der Waals surface area contributed by atoms with Crippen LogP contribution in [0.2, 0.25) is 0 Å². The van der Waals surface area contributed by atoms with Gasteiger partial charge in [0.05, 0.1) is 0 Å². The average molecular weight is 269 g/mol. The summed E-state index contributed by atoms with van der Waals surface area (Å²) in [6.45, 7) is 8.38. The van der Waals surface area contributed by atoms with Crippen LogP contribution in [0.4, 0.5) is 0 Å². The molecule has 0 saturated carbocycles. The number of hydrogen-bond donors (Lipinski definition) is 1. The number of rotatable bonds is 16. The monoisotopic (exact) mass is 268 g/mol. The summed E-state index contributed by atoms with van der Waals surface area (Å²) < 4.78 is 0. The molecule has 0 aromatic carbocycles. The molecule has 1 heteroatoms. The van der Waals surface area contributed by atoms with Gasteiger partial charge >= 0.3 is 0 Å². The van der Waals surface area contributed by atoms with Crippen molar-refractivity contribution in [3.63, 3.8) is 0 Å². The molecule has 0 amide bonds. The fourth-order valence-corrected chi connectivity index (χ4v) is 2.52. The second-order valence-electron chi connectivity index (χ2n) is 5.85. The van der Waals surface area contributed by atoms with Crippen LogP contribution in [0.1, 0.15) is 96.8 Å². The Morgan fingerprint density at radius 1 is 0.579 bits per heavy atom. The van der Waals surface area contributed by atoms with Crippen molar-refractivity contribution >= 4 is 0 Å². The van der Waals surface area contributed by atoms with Crippen molar-refractivity contribution in [3.8, 4) is 0 Å². The van der Waals surface area contributed by atoms with Gasteiger partial charge in [-0.15, -0.1) is 0 Å². The Labute approximate surface area is 122 Å². The van der Waals surface area contributed by atoms with Gasteiger partial charge in [-0.3, -0.25) is 0 Å². The minimum absolute atomic E-state index is 1.01. The van der Waals surface area contributed by atoms with E-state index < -0.39 is 0 Å². The van der Waals surface area contributed by atoms with Crippen LogP contribution in [0.5, 0.6) is 0 Å². The van der Waals surface area contributed by atoms with Crippen LogP contribution >= 0.6 is 0 Å². The molecule has 0 saturated heterocycles. The molecule has 0 spiro atoms. The van der Waals surface area contributed by atoms with Gasteiger partial charge in [0.25, 0.3) is 0 Å². The van der Waals surface area contributed by atoms with Gasteiger partial charge in [0.15, 0.2) is 0 Å². The van der Waals surface area contributed by atoms with E-state index in [9.17, 15) is 0 Å². The average Bonchev–Trinajstić information content (AvgIpc) is 2.43. The third-order valence-corrected chi connectivity index (χ3v) is 3.81. The lowest BCUT2D eigenvalue weighted by Crippen LogP contribution is -2.15. The molecule has 1 N–H and O–H groups in total. The highest BCUT2D eigenvalue weighted by Crippen LogP contribution is 2.12. The van der Waals surface area contributed by atoms with E-state index in [0.29, 0.717) is 0 Å². The van der Waals surface area contributed by atoms with Gasteiger partial charge in [-0.05, 0) is 25.9 Å². The van der Waals surface area contributed by atoms with E-state index in [1.807, 2.05) is 0 Å². The predicted molar refractivity (Wildman–Crippen MR) is 88.5 cm³/mol. The van der Waals surface area contributed by atoms with E-state index in [1.54, 1.807) is 0 Å². The van der Waals surface area contributed by atoms with Crippen LogP contribution in [-0.4, -0.2) is 13.1 Å². The highest BCUT2D eigenvalue weighted by Gasteiger charge is 1.93. The molecule has 0 rings (SSSR count). The lowest BCUT2D eigenvalue weighted by Gasteiger charge is -2.04. The Balaban J connectivity index is 2.88. The van der Waals surface area contributed by atoms with Crippen LogP contribution in [0, 0.1) is 6.92 Å². The summed E-state index contributed by atoms with van der Waals surface area (Å²) in [6.07, 6.45) is 19.7. The van der Waals surface area contributed by atoms with Crippen LogP contribution < -0.4 is 5.32 Å². The van der Waals surface area contributed by atoms with Crippen molar-refractivity contribution in [2.45, 2.75) is 96.8 Å². The highest BCUT2D eigenvalue weighted by molar-refractivity contribution is 4.51. The molecule has 19 heavy (non-hydrogen) atoms. The lowest BCUT2D eigenvalue weighted by molar-refractivity contribution is 0.533. The Morgan fingerprint density at radius 2 is 1.00 bits per heavy atom. The summed E-state index contributed by atoms with van der Waals surface area (Å²) in [7, 11) is 0. The minimum atomic E-state index is 1.01. The van der Waals surface area contributed by atoms with Gasteiger partial charge < -0.3 is 5.32 Å². The maximum Gasteiger partial charge on any atom is -0.00489 e. The first-order valence-electron chi connectivity index (χ1n) is 8.91. The first-order chi connectivity index (χ1) is 9.41. The van der Waals surface area contributed by atoms with Crippen LogP contribution in [0.3, 0.4) is 0 Å². The van der Waals surface area contributed by atoms with Gasteiger partial charge in [0.2, 0.25) is 0 Å². The zero-order chi connectivity index (χ0) is 14.0. The van der Waals surface area contributed by atoms with E-state index in [4.69, 9.17) is 0 Å². The van der Waals surface area contributed by atoms with Gasteiger partial charge in [0, 0.05) is 0 Å². The number of hydrogen-bond acceptors (Lipinski definition) is 1. The molecule has 0 aromatic heterocycles. The maximum absolute atomic E-state index is 3.83. The second-order valence-corrected chi connectivity index (χ2v) is 5.85. The summed E-state index contributed by atoms with van der Waals surface area (Å²) in [4.78, 5) is 0. The molecule has 0 fully saturated rings. The van der Waals surface area contributed by atoms with Crippen LogP contribution in [0.25, 0.3) is 0 Å². The summed E-state index contributed by atoms with van der Waals surface area (Å²) in [5.41, 5.74) is 0. The van der Waals surface area contributed by atoms with Crippen LogP contribution in [-0.2, 0) is 0 Å². The molecule has 1 nitrogen and oxygen atoms in total. The molecule has 1 radical (unpaired) electrons. The van der Waals surface area contributed by atoms with E-state index in [0.717, 1.165) is 13.0 Å². The molecule has 0 atom stereocenters. The predicted octanol–water partition coefficient (Wildman–Crippen LogP) is 5.89.